The minimum atomic E-state index is -0.198. The third kappa shape index (κ3) is 2.16. The van der Waals surface area contributed by atoms with Gasteiger partial charge in [0.25, 0.3) is 0 Å². The summed E-state index contributed by atoms with van der Waals surface area (Å²) in [6, 6.07) is 5.91. The van der Waals surface area contributed by atoms with Gasteiger partial charge in [-0.1, -0.05) is 12.1 Å². The average molecular weight is 273 g/mol. The Morgan fingerprint density at radius 1 is 1.40 bits per heavy atom. The van der Waals surface area contributed by atoms with E-state index in [-0.39, 0.29) is 5.54 Å². The van der Waals surface area contributed by atoms with Crippen LogP contribution in [-0.4, -0.2) is 33.4 Å². The number of rotatable bonds is 2. The second kappa shape index (κ2) is 4.86. The SMILES string of the molecule is Cc1ccc(-c2nnnn2C2(C)CCCOC2)cc1N. The van der Waals surface area contributed by atoms with Gasteiger partial charge in [0.2, 0.25) is 0 Å². The molecule has 0 bridgehead atoms. The van der Waals surface area contributed by atoms with Crippen molar-refractivity contribution in [3.8, 4) is 11.4 Å². The van der Waals surface area contributed by atoms with Gasteiger partial charge in [0, 0.05) is 17.9 Å². The number of nitrogen functional groups attached to an aromatic ring is 1. The summed E-state index contributed by atoms with van der Waals surface area (Å²) in [4.78, 5) is 0. The van der Waals surface area contributed by atoms with Crippen LogP contribution >= 0.6 is 0 Å². The molecule has 1 aliphatic heterocycles. The van der Waals surface area contributed by atoms with Gasteiger partial charge in [-0.05, 0) is 48.7 Å². The molecule has 0 radical (unpaired) electrons. The van der Waals surface area contributed by atoms with Gasteiger partial charge in [0.1, 0.15) is 0 Å². The highest BCUT2D eigenvalue weighted by molar-refractivity contribution is 5.63. The Bertz CT molecular complexity index is 616. The highest BCUT2D eigenvalue weighted by atomic mass is 16.5. The van der Waals surface area contributed by atoms with Crippen molar-refractivity contribution in [3.05, 3.63) is 23.8 Å². The molecule has 0 spiro atoms. The van der Waals surface area contributed by atoms with Crippen LogP contribution in [-0.2, 0) is 10.3 Å². The zero-order valence-corrected chi connectivity index (χ0v) is 11.8. The predicted molar refractivity (Wildman–Crippen MR) is 76.1 cm³/mol. The molecule has 1 aromatic heterocycles. The summed E-state index contributed by atoms with van der Waals surface area (Å²) in [6.45, 7) is 5.55. The van der Waals surface area contributed by atoms with E-state index in [4.69, 9.17) is 10.5 Å². The zero-order valence-electron chi connectivity index (χ0n) is 11.8. The van der Waals surface area contributed by atoms with Crippen molar-refractivity contribution in [1.29, 1.82) is 0 Å². The molecule has 1 unspecified atom stereocenters. The van der Waals surface area contributed by atoms with Crippen LogP contribution in [0.4, 0.5) is 5.69 Å². The fourth-order valence-corrected chi connectivity index (χ4v) is 2.60. The maximum Gasteiger partial charge on any atom is 0.182 e. The quantitative estimate of drug-likeness (QED) is 0.843. The maximum atomic E-state index is 5.99. The van der Waals surface area contributed by atoms with Gasteiger partial charge in [-0.15, -0.1) is 5.10 Å². The molecule has 1 saturated heterocycles. The molecule has 1 aromatic carbocycles. The fraction of sp³-hybridized carbons (Fsp3) is 0.500. The predicted octanol–water partition coefficient (Wildman–Crippen LogP) is 1.76. The standard InChI is InChI=1S/C14H19N5O/c1-10-4-5-11(8-12(10)15)13-16-17-18-19(13)14(2)6-3-7-20-9-14/h4-5,8H,3,6-7,9,15H2,1-2H3. The molecule has 6 heteroatoms. The van der Waals surface area contributed by atoms with Gasteiger partial charge in [-0.25, -0.2) is 4.68 Å². The van der Waals surface area contributed by atoms with Crippen LogP contribution < -0.4 is 5.73 Å². The lowest BCUT2D eigenvalue weighted by Crippen LogP contribution is -2.40. The van der Waals surface area contributed by atoms with E-state index >= 15 is 0 Å². The monoisotopic (exact) mass is 273 g/mol. The number of benzene rings is 1. The smallest absolute Gasteiger partial charge is 0.182 e. The molecule has 0 aliphatic carbocycles. The average Bonchev–Trinajstić information content (AvgIpc) is 2.93. The summed E-state index contributed by atoms with van der Waals surface area (Å²) in [5, 5.41) is 12.2. The van der Waals surface area contributed by atoms with Crippen LogP contribution in [0.25, 0.3) is 11.4 Å². The lowest BCUT2D eigenvalue weighted by Gasteiger charge is -2.33. The van der Waals surface area contributed by atoms with E-state index in [0.29, 0.717) is 6.61 Å². The second-order valence-corrected chi connectivity index (χ2v) is 5.64. The molecular formula is C14H19N5O. The summed E-state index contributed by atoms with van der Waals surface area (Å²) in [6.07, 6.45) is 2.03. The molecule has 0 amide bonds. The number of hydrogen-bond acceptors (Lipinski definition) is 5. The molecule has 2 aromatic rings. The molecule has 106 valence electrons. The molecule has 3 rings (SSSR count). The molecule has 1 fully saturated rings. The van der Waals surface area contributed by atoms with Crippen LogP contribution in [0.15, 0.2) is 18.2 Å². The number of tetrazole rings is 1. The van der Waals surface area contributed by atoms with Gasteiger partial charge in [0.15, 0.2) is 5.82 Å². The van der Waals surface area contributed by atoms with Gasteiger partial charge in [0.05, 0.1) is 12.1 Å². The Balaban J connectivity index is 2.03. The Labute approximate surface area is 117 Å². The highest BCUT2D eigenvalue weighted by Gasteiger charge is 2.33. The maximum absolute atomic E-state index is 5.99. The molecule has 2 heterocycles. The van der Waals surface area contributed by atoms with Crippen LogP contribution in [0.5, 0.6) is 0 Å². The summed E-state index contributed by atoms with van der Waals surface area (Å²) in [7, 11) is 0. The van der Waals surface area contributed by atoms with Crippen LogP contribution in [0.1, 0.15) is 25.3 Å². The summed E-state index contributed by atoms with van der Waals surface area (Å²) < 4.78 is 7.47. The van der Waals surface area contributed by atoms with E-state index < -0.39 is 0 Å². The number of nitrogens with zero attached hydrogens (tertiary/aromatic N) is 4. The number of ether oxygens (including phenoxy) is 1. The van der Waals surface area contributed by atoms with Crippen molar-refractivity contribution >= 4 is 5.69 Å². The van der Waals surface area contributed by atoms with E-state index in [1.165, 1.54) is 0 Å². The van der Waals surface area contributed by atoms with Crippen LogP contribution in [0.2, 0.25) is 0 Å². The first-order valence-corrected chi connectivity index (χ1v) is 6.83. The van der Waals surface area contributed by atoms with Crippen molar-refractivity contribution in [2.75, 3.05) is 18.9 Å². The van der Waals surface area contributed by atoms with Crippen LogP contribution in [0, 0.1) is 6.92 Å². The first-order chi connectivity index (χ1) is 9.60. The third-order valence-electron chi connectivity index (χ3n) is 3.94. The number of aryl methyl sites for hydroxylation is 1. The number of nitrogens with two attached hydrogens (primary N) is 1. The number of aromatic nitrogens is 4. The first kappa shape index (κ1) is 13.1. The van der Waals surface area contributed by atoms with E-state index in [0.717, 1.165) is 42.1 Å². The zero-order chi connectivity index (χ0) is 14.2. The minimum Gasteiger partial charge on any atom is -0.398 e. The Morgan fingerprint density at radius 2 is 2.25 bits per heavy atom. The van der Waals surface area contributed by atoms with Crippen molar-refractivity contribution in [1.82, 2.24) is 20.2 Å². The summed E-state index contributed by atoms with van der Waals surface area (Å²) >= 11 is 0. The van der Waals surface area contributed by atoms with Crippen molar-refractivity contribution < 1.29 is 4.74 Å². The lowest BCUT2D eigenvalue weighted by atomic mass is 9.94. The molecule has 2 N–H and O–H groups in total. The number of anilines is 1. The fourth-order valence-electron chi connectivity index (χ4n) is 2.60. The van der Waals surface area contributed by atoms with E-state index in [9.17, 15) is 0 Å². The summed E-state index contributed by atoms with van der Waals surface area (Å²) in [5.41, 5.74) is 8.53. The van der Waals surface area contributed by atoms with Crippen molar-refractivity contribution in [3.63, 3.8) is 0 Å². The largest absolute Gasteiger partial charge is 0.398 e. The Morgan fingerprint density at radius 3 is 2.95 bits per heavy atom. The summed E-state index contributed by atoms with van der Waals surface area (Å²) in [5.74, 6) is 0.740. The third-order valence-corrected chi connectivity index (χ3v) is 3.94. The minimum absolute atomic E-state index is 0.198. The Hall–Kier alpha value is -1.95. The van der Waals surface area contributed by atoms with E-state index in [1.807, 2.05) is 29.8 Å². The second-order valence-electron chi connectivity index (χ2n) is 5.64. The molecule has 1 aliphatic rings. The molecule has 6 nitrogen and oxygen atoms in total. The normalized spacial score (nSPS) is 22.9. The lowest BCUT2D eigenvalue weighted by molar-refractivity contribution is 0.00348. The molecule has 1 atom stereocenters. The first-order valence-electron chi connectivity index (χ1n) is 6.83. The Kier molecular flexibility index (Phi) is 3.17. The van der Waals surface area contributed by atoms with Gasteiger partial charge < -0.3 is 10.5 Å². The van der Waals surface area contributed by atoms with Crippen LogP contribution in [0.3, 0.4) is 0 Å². The molecular weight excluding hydrogens is 254 g/mol. The van der Waals surface area contributed by atoms with E-state index in [2.05, 4.69) is 22.4 Å². The topological polar surface area (TPSA) is 78.8 Å². The molecule has 20 heavy (non-hydrogen) atoms. The number of hydrogen-bond donors (Lipinski definition) is 1. The van der Waals surface area contributed by atoms with Crippen molar-refractivity contribution in [2.24, 2.45) is 0 Å². The highest BCUT2D eigenvalue weighted by Crippen LogP contribution is 2.30. The van der Waals surface area contributed by atoms with Gasteiger partial charge in [-0.3, -0.25) is 0 Å². The van der Waals surface area contributed by atoms with Crippen molar-refractivity contribution in [2.45, 2.75) is 32.2 Å². The molecule has 0 saturated carbocycles. The van der Waals surface area contributed by atoms with Gasteiger partial charge >= 0.3 is 0 Å². The van der Waals surface area contributed by atoms with E-state index in [1.54, 1.807) is 0 Å². The van der Waals surface area contributed by atoms with Gasteiger partial charge in [-0.2, -0.15) is 0 Å².